The fourth-order valence-corrected chi connectivity index (χ4v) is 6.22. The van der Waals surface area contributed by atoms with Crippen molar-refractivity contribution in [2.75, 3.05) is 25.1 Å². The Morgan fingerprint density at radius 2 is 1.64 bits per heavy atom. The third kappa shape index (κ3) is 2.96. The maximum atomic E-state index is 4.80. The maximum absolute atomic E-state index is 4.80. The number of rotatable bonds is 3. The lowest BCUT2D eigenvalue weighted by Gasteiger charge is -2.27. The number of nitrogens with zero attached hydrogens (tertiary/aromatic N) is 5. The van der Waals surface area contributed by atoms with Crippen LogP contribution in [0.5, 0.6) is 0 Å². The van der Waals surface area contributed by atoms with Gasteiger partial charge in [0.05, 0.1) is 16.9 Å². The highest BCUT2D eigenvalue weighted by Crippen LogP contribution is 2.43. The van der Waals surface area contributed by atoms with Crippen LogP contribution in [0.3, 0.4) is 0 Å². The average Bonchev–Trinajstić information content (AvgIpc) is 3.27. The summed E-state index contributed by atoms with van der Waals surface area (Å²) in [5.41, 5.74) is 2.99. The Hall–Kier alpha value is -3.42. The molecule has 0 saturated carbocycles. The molecular weight excluding hydrogens is 428 g/mol. The van der Waals surface area contributed by atoms with Crippen LogP contribution >= 0.6 is 11.3 Å². The van der Waals surface area contributed by atoms with Crippen LogP contribution in [0.15, 0.2) is 55.0 Å². The minimum absolute atomic E-state index is 0.845. The number of thiophene rings is 1. The van der Waals surface area contributed by atoms with Crippen molar-refractivity contribution in [1.29, 1.82) is 0 Å². The zero-order valence-corrected chi connectivity index (χ0v) is 18.9. The first-order chi connectivity index (χ1) is 16.4. The monoisotopic (exact) mass is 450 g/mol. The maximum Gasteiger partial charge on any atom is 0.149 e. The summed E-state index contributed by atoms with van der Waals surface area (Å²) in [6.07, 6.45) is 7.39. The summed E-state index contributed by atoms with van der Waals surface area (Å²) in [4.78, 5) is 12.3. The largest absolute Gasteiger partial charge is 0.372 e. The van der Waals surface area contributed by atoms with Crippen LogP contribution < -0.4 is 5.32 Å². The van der Waals surface area contributed by atoms with Gasteiger partial charge in [-0.05, 0) is 48.2 Å². The van der Waals surface area contributed by atoms with Gasteiger partial charge >= 0.3 is 0 Å². The highest BCUT2D eigenvalue weighted by Gasteiger charge is 2.19. The smallest absolute Gasteiger partial charge is 0.149 e. The highest BCUT2D eigenvalue weighted by atomic mass is 32.1. The lowest BCUT2D eigenvalue weighted by molar-refractivity contribution is 0.244. The van der Waals surface area contributed by atoms with Crippen LogP contribution in [0.1, 0.15) is 19.3 Å². The van der Waals surface area contributed by atoms with E-state index in [2.05, 4.69) is 67.7 Å². The van der Waals surface area contributed by atoms with Gasteiger partial charge in [-0.15, -0.1) is 21.5 Å². The molecule has 6 nitrogen and oxygen atoms in total. The second-order valence-electron chi connectivity index (χ2n) is 8.73. The van der Waals surface area contributed by atoms with E-state index in [-0.39, 0.29) is 0 Å². The van der Waals surface area contributed by atoms with Crippen molar-refractivity contribution in [3.8, 4) is 0 Å². The third-order valence-corrected chi connectivity index (χ3v) is 7.79. The second kappa shape index (κ2) is 7.57. The van der Waals surface area contributed by atoms with Crippen LogP contribution in [0.25, 0.3) is 52.9 Å². The topological polar surface area (TPSA) is 66.8 Å². The van der Waals surface area contributed by atoms with Gasteiger partial charge in [-0.2, -0.15) is 0 Å². The molecule has 3 aromatic heterocycles. The van der Waals surface area contributed by atoms with Gasteiger partial charge in [0.15, 0.2) is 0 Å². The molecular formula is C26H22N6S. The molecule has 7 rings (SSSR count). The van der Waals surface area contributed by atoms with Crippen LogP contribution in [-0.4, -0.2) is 44.8 Å². The fourth-order valence-electron chi connectivity index (χ4n) is 5.26. The lowest BCUT2D eigenvalue weighted by atomic mass is 9.95. The summed E-state index contributed by atoms with van der Waals surface area (Å²) in [5.74, 6) is 0. The molecule has 1 N–H and O–H groups in total. The number of piperidine rings is 1. The van der Waals surface area contributed by atoms with Gasteiger partial charge in [-0.3, -0.25) is 4.90 Å². The average molecular weight is 451 g/mol. The molecule has 6 aromatic rings. The number of nitrogens with one attached hydrogen (secondary N) is 1. The molecule has 0 radical (unpaired) electrons. The van der Waals surface area contributed by atoms with Crippen LogP contribution in [0, 0.1) is 0 Å². The molecule has 1 aliphatic rings. The van der Waals surface area contributed by atoms with Crippen molar-refractivity contribution in [3.63, 3.8) is 0 Å². The molecule has 33 heavy (non-hydrogen) atoms. The molecule has 0 bridgehead atoms. The zero-order valence-electron chi connectivity index (χ0n) is 18.1. The number of benzene rings is 3. The van der Waals surface area contributed by atoms with E-state index in [0.717, 1.165) is 62.2 Å². The Balaban J connectivity index is 1.56. The normalized spacial score (nSPS) is 15.3. The molecule has 0 aliphatic carbocycles. The van der Waals surface area contributed by atoms with Gasteiger partial charge in [0.25, 0.3) is 0 Å². The molecule has 7 heteroatoms. The Kier molecular flexibility index (Phi) is 4.38. The lowest BCUT2D eigenvalue weighted by Crippen LogP contribution is -2.34. The van der Waals surface area contributed by atoms with Crippen molar-refractivity contribution < 1.29 is 0 Å². The SMILES string of the molecule is c1ccc2c(c1)c1cccc(NCN3CCCCC3)c1c1nnc3sc4cncnc4c3c21. The summed E-state index contributed by atoms with van der Waals surface area (Å²) in [5, 5.41) is 20.1. The van der Waals surface area contributed by atoms with Gasteiger partial charge in [0, 0.05) is 28.0 Å². The molecule has 1 saturated heterocycles. The van der Waals surface area contributed by atoms with Gasteiger partial charge in [-0.1, -0.05) is 42.8 Å². The minimum Gasteiger partial charge on any atom is -0.372 e. The molecule has 162 valence electrons. The van der Waals surface area contributed by atoms with E-state index in [1.165, 1.54) is 35.4 Å². The van der Waals surface area contributed by atoms with E-state index in [9.17, 15) is 0 Å². The zero-order chi connectivity index (χ0) is 21.8. The van der Waals surface area contributed by atoms with Gasteiger partial charge < -0.3 is 5.32 Å². The molecule has 1 fully saturated rings. The molecule has 0 atom stereocenters. The first-order valence-corrected chi connectivity index (χ1v) is 12.3. The highest BCUT2D eigenvalue weighted by molar-refractivity contribution is 7.25. The van der Waals surface area contributed by atoms with Gasteiger partial charge in [0.1, 0.15) is 16.7 Å². The van der Waals surface area contributed by atoms with Crippen molar-refractivity contribution in [2.45, 2.75) is 19.3 Å². The van der Waals surface area contributed by atoms with E-state index in [0.29, 0.717) is 0 Å². The standard InChI is InChI=1S/C26H22N6S/c1-4-11-32(12-5-1)15-29-19-10-6-9-17-16-7-2-3-8-18(16)22-23-24-20(13-27-14-28-24)33-26(23)31-30-25(22)21(17)19/h2-3,6-10,13-14,29H,1,4-5,11-12,15H2. The van der Waals surface area contributed by atoms with E-state index in [1.54, 1.807) is 17.7 Å². The summed E-state index contributed by atoms with van der Waals surface area (Å²) < 4.78 is 1.04. The molecule has 0 spiro atoms. The number of aromatic nitrogens is 4. The van der Waals surface area contributed by atoms with Crippen molar-refractivity contribution in [1.82, 2.24) is 25.1 Å². The number of likely N-dealkylation sites (tertiary alicyclic amines) is 1. The summed E-state index contributed by atoms with van der Waals surface area (Å²) >= 11 is 1.60. The van der Waals surface area contributed by atoms with Crippen molar-refractivity contribution >= 4 is 69.9 Å². The number of fused-ring (bicyclic) bond motifs is 10. The number of hydrogen-bond donors (Lipinski definition) is 1. The number of hydrogen-bond acceptors (Lipinski definition) is 7. The van der Waals surface area contributed by atoms with Crippen molar-refractivity contribution in [2.24, 2.45) is 0 Å². The second-order valence-corrected chi connectivity index (χ2v) is 9.76. The predicted molar refractivity (Wildman–Crippen MR) is 137 cm³/mol. The first kappa shape index (κ1) is 19.1. The summed E-state index contributed by atoms with van der Waals surface area (Å²) in [6, 6.07) is 15.1. The summed E-state index contributed by atoms with van der Waals surface area (Å²) in [7, 11) is 0. The van der Waals surface area contributed by atoms with Crippen LogP contribution in [-0.2, 0) is 0 Å². The fraction of sp³-hybridized carbons (Fsp3) is 0.231. The van der Waals surface area contributed by atoms with Gasteiger partial charge in [-0.25, -0.2) is 9.97 Å². The molecule has 3 aromatic carbocycles. The molecule has 0 unspecified atom stereocenters. The Bertz CT molecular complexity index is 1670. The van der Waals surface area contributed by atoms with E-state index < -0.39 is 0 Å². The minimum atomic E-state index is 0.845. The van der Waals surface area contributed by atoms with Crippen LogP contribution in [0.2, 0.25) is 0 Å². The summed E-state index contributed by atoms with van der Waals surface area (Å²) in [6.45, 7) is 3.16. The third-order valence-electron chi connectivity index (χ3n) is 6.79. The first-order valence-electron chi connectivity index (χ1n) is 11.5. The number of anilines is 1. The Morgan fingerprint density at radius 3 is 2.55 bits per heavy atom. The van der Waals surface area contributed by atoms with E-state index in [1.807, 2.05) is 6.20 Å². The Morgan fingerprint density at radius 1 is 0.818 bits per heavy atom. The van der Waals surface area contributed by atoms with Crippen molar-refractivity contribution in [3.05, 3.63) is 55.0 Å². The van der Waals surface area contributed by atoms with E-state index in [4.69, 9.17) is 5.10 Å². The predicted octanol–water partition coefficient (Wildman–Crippen LogP) is 5.95. The quantitative estimate of drug-likeness (QED) is 0.336. The van der Waals surface area contributed by atoms with E-state index >= 15 is 0 Å². The molecule has 4 heterocycles. The molecule has 1 aliphatic heterocycles. The van der Waals surface area contributed by atoms with Gasteiger partial charge in [0.2, 0.25) is 0 Å². The van der Waals surface area contributed by atoms with Crippen LogP contribution in [0.4, 0.5) is 5.69 Å². The molecule has 0 amide bonds. The Labute approximate surface area is 194 Å².